The van der Waals surface area contributed by atoms with Crippen LogP contribution in [0.15, 0.2) is 0 Å². The minimum Gasteiger partial charge on any atom is -0.323 e. The van der Waals surface area contributed by atoms with Crippen LogP contribution >= 0.6 is 0 Å². The fourth-order valence-corrected chi connectivity index (χ4v) is 1.81. The predicted molar refractivity (Wildman–Crippen MR) is 71.9 cm³/mol. The maximum Gasteiger partial charge on any atom is 0.264 e. The summed E-state index contributed by atoms with van der Waals surface area (Å²) in [5.41, 5.74) is 0. The molecule has 0 aliphatic heterocycles. The molecule has 0 saturated heterocycles. The van der Waals surface area contributed by atoms with E-state index in [4.69, 9.17) is 4.55 Å². The van der Waals surface area contributed by atoms with E-state index >= 15 is 0 Å². The first-order valence-corrected chi connectivity index (χ1v) is 7.62. The molecule has 0 aliphatic rings. The van der Waals surface area contributed by atoms with Gasteiger partial charge in [-0.25, -0.2) is 0 Å². The second kappa shape index (κ2) is 15.8. The van der Waals surface area contributed by atoms with Crippen LogP contribution in [0.2, 0.25) is 0 Å². The van der Waals surface area contributed by atoms with Gasteiger partial charge < -0.3 is 5.32 Å². The first-order valence-electron chi connectivity index (χ1n) is 6.01. The van der Waals surface area contributed by atoms with Gasteiger partial charge in [0.05, 0.1) is 5.75 Å². The predicted octanol–water partition coefficient (Wildman–Crippen LogP) is 2.61. The summed E-state index contributed by atoms with van der Waals surface area (Å²) >= 11 is 0. The van der Waals surface area contributed by atoms with Crippen molar-refractivity contribution in [3.63, 3.8) is 0 Å². The Kier molecular flexibility index (Phi) is 20.5. The second-order valence-corrected chi connectivity index (χ2v) is 5.48. The normalized spacial score (nSPS) is 10.1. The fraction of sp³-hybridized carbons (Fsp3) is 1.00. The molecule has 0 fully saturated rings. The first-order chi connectivity index (χ1) is 7.47. The van der Waals surface area contributed by atoms with E-state index in [0.29, 0.717) is 6.42 Å². The van der Waals surface area contributed by atoms with Gasteiger partial charge in [-0.3, -0.25) is 9.26 Å². The molecule has 6 heteroatoms. The lowest BCUT2D eigenvalue weighted by Crippen LogP contribution is -2.03. The third kappa shape index (κ3) is 31.3. The molecule has 0 spiro atoms. The Labute approximate surface area is 105 Å². The molecule has 0 heterocycles. The average Bonchev–Trinajstić information content (AvgIpc) is 2.16. The summed E-state index contributed by atoms with van der Waals surface area (Å²) in [5.74, 6) is -0.0826. The van der Waals surface area contributed by atoms with Gasteiger partial charge >= 0.3 is 0 Å². The van der Waals surface area contributed by atoms with Gasteiger partial charge in [0.25, 0.3) is 10.1 Å². The second-order valence-electron chi connectivity index (χ2n) is 3.91. The van der Waals surface area contributed by atoms with Gasteiger partial charge in [0.15, 0.2) is 0 Å². The van der Waals surface area contributed by atoms with Crippen LogP contribution in [0.4, 0.5) is 4.70 Å². The molecule has 4 nitrogen and oxygen atoms in total. The minimum atomic E-state index is -3.72. The molecule has 2 N–H and O–H groups in total. The molecule has 0 amide bonds. The zero-order chi connectivity index (χ0) is 12.9. The molecule has 0 aromatic carbocycles. The number of halogens is 1. The summed E-state index contributed by atoms with van der Waals surface area (Å²) in [4.78, 5) is 0. The van der Waals surface area contributed by atoms with Crippen molar-refractivity contribution in [3.8, 4) is 0 Å². The van der Waals surface area contributed by atoms with Gasteiger partial charge in [-0.2, -0.15) is 8.42 Å². The molecule has 0 radical (unpaired) electrons. The number of hydrogen-bond donors (Lipinski definition) is 2. The molecule has 0 aromatic rings. The van der Waals surface area contributed by atoms with Crippen molar-refractivity contribution in [1.82, 2.24) is 5.32 Å². The van der Waals surface area contributed by atoms with Gasteiger partial charge in [-0.1, -0.05) is 45.4 Å². The molecule has 0 rings (SSSR count). The summed E-state index contributed by atoms with van der Waals surface area (Å²) in [7, 11) is 0.0285. The Morgan fingerprint density at radius 1 is 0.941 bits per heavy atom. The highest BCUT2D eigenvalue weighted by molar-refractivity contribution is 7.85. The molecule has 0 atom stereocenters. The average molecular weight is 273 g/mol. The van der Waals surface area contributed by atoms with E-state index in [2.05, 4.69) is 12.2 Å². The maximum absolute atomic E-state index is 10.3. The Morgan fingerprint density at radius 3 is 1.65 bits per heavy atom. The van der Waals surface area contributed by atoms with Gasteiger partial charge in [0, 0.05) is 0 Å². The number of unbranched alkanes of at least 4 members (excludes halogenated alkanes) is 6. The number of hydrogen-bond acceptors (Lipinski definition) is 3. The van der Waals surface area contributed by atoms with E-state index in [9.17, 15) is 8.42 Å². The quantitative estimate of drug-likeness (QED) is 0.527. The van der Waals surface area contributed by atoms with Crippen LogP contribution in [-0.4, -0.2) is 32.8 Å². The zero-order valence-electron chi connectivity index (χ0n) is 11.2. The fourth-order valence-electron chi connectivity index (χ4n) is 1.24. The molecule has 0 aliphatic carbocycles. The largest absolute Gasteiger partial charge is 0.323 e. The molecule has 0 bridgehead atoms. The number of rotatable bonds is 8. The summed E-state index contributed by atoms with van der Waals surface area (Å²) < 4.78 is 29.1. The lowest BCUT2D eigenvalue weighted by Gasteiger charge is -1.99. The molecular weight excluding hydrogens is 245 g/mol. The molecular formula is C11H28FNO3S. The van der Waals surface area contributed by atoms with E-state index in [0.717, 1.165) is 12.8 Å². The van der Waals surface area contributed by atoms with E-state index in [1.165, 1.54) is 25.7 Å². The van der Waals surface area contributed by atoms with Gasteiger partial charge in [-0.05, 0) is 20.5 Å². The molecule has 17 heavy (non-hydrogen) atoms. The van der Waals surface area contributed by atoms with Gasteiger partial charge in [0.1, 0.15) is 0 Å². The Balaban J connectivity index is -0.000000440. The van der Waals surface area contributed by atoms with Crippen LogP contribution in [-0.2, 0) is 10.1 Å². The zero-order valence-corrected chi connectivity index (χ0v) is 12.1. The van der Waals surface area contributed by atoms with Crippen molar-refractivity contribution in [2.24, 2.45) is 0 Å². The van der Waals surface area contributed by atoms with Crippen LogP contribution in [0, 0.1) is 0 Å². The molecule has 0 aromatic heterocycles. The highest BCUT2D eigenvalue weighted by Gasteiger charge is 2.02. The van der Waals surface area contributed by atoms with Crippen LogP contribution in [0.5, 0.6) is 0 Å². The summed E-state index contributed by atoms with van der Waals surface area (Å²) in [5, 5.41) is 2.75. The van der Waals surface area contributed by atoms with Gasteiger partial charge in [-0.15, -0.1) is 0 Å². The van der Waals surface area contributed by atoms with Crippen LogP contribution in [0.25, 0.3) is 0 Å². The van der Waals surface area contributed by atoms with Crippen LogP contribution in [0.1, 0.15) is 51.9 Å². The Bertz CT molecular complexity index is 221. The third-order valence-corrected chi connectivity index (χ3v) is 2.81. The minimum absolute atomic E-state index is 0. The maximum atomic E-state index is 10.3. The van der Waals surface area contributed by atoms with Gasteiger partial charge in [0.2, 0.25) is 0 Å². The van der Waals surface area contributed by atoms with Crippen molar-refractivity contribution >= 4 is 10.1 Å². The van der Waals surface area contributed by atoms with E-state index in [1.54, 1.807) is 0 Å². The third-order valence-electron chi connectivity index (χ3n) is 2.01. The summed E-state index contributed by atoms with van der Waals surface area (Å²) in [6, 6.07) is 0. The van der Waals surface area contributed by atoms with Crippen molar-refractivity contribution in [3.05, 3.63) is 0 Å². The molecule has 0 unspecified atom stereocenters. The van der Waals surface area contributed by atoms with Crippen LogP contribution in [0.3, 0.4) is 0 Å². The smallest absolute Gasteiger partial charge is 0.264 e. The monoisotopic (exact) mass is 273 g/mol. The Morgan fingerprint density at radius 2 is 1.29 bits per heavy atom. The Hall–Kier alpha value is -0.200. The highest BCUT2D eigenvalue weighted by atomic mass is 32.2. The standard InChI is InChI=1S/C9H20O3S.C2H7N.FH/c1-2-3-4-5-6-7-8-9-13(10,11)12;1-3-2;/h2-9H2,1H3,(H,10,11,12);3H,1-2H3;1H. The molecule has 0 saturated carbocycles. The van der Waals surface area contributed by atoms with E-state index < -0.39 is 10.1 Å². The van der Waals surface area contributed by atoms with Crippen molar-refractivity contribution < 1.29 is 17.7 Å². The van der Waals surface area contributed by atoms with Crippen molar-refractivity contribution in [2.45, 2.75) is 51.9 Å². The number of nitrogens with one attached hydrogen (secondary N) is 1. The molecule has 108 valence electrons. The summed E-state index contributed by atoms with van der Waals surface area (Å²) in [6.07, 6.45) is 7.48. The lowest BCUT2D eigenvalue weighted by atomic mass is 10.1. The first kappa shape index (κ1) is 22.0. The summed E-state index contributed by atoms with van der Waals surface area (Å²) in [6.45, 7) is 2.17. The van der Waals surface area contributed by atoms with E-state index in [1.807, 2.05) is 14.1 Å². The van der Waals surface area contributed by atoms with Crippen molar-refractivity contribution in [2.75, 3.05) is 19.8 Å². The lowest BCUT2D eigenvalue weighted by molar-refractivity contribution is 0.478. The van der Waals surface area contributed by atoms with Crippen LogP contribution < -0.4 is 5.32 Å². The van der Waals surface area contributed by atoms with Crippen molar-refractivity contribution in [1.29, 1.82) is 0 Å². The van der Waals surface area contributed by atoms with E-state index in [-0.39, 0.29) is 10.5 Å². The SMILES string of the molecule is CCCCCCCCCS(=O)(=O)O.CNC.F. The highest BCUT2D eigenvalue weighted by Crippen LogP contribution is 2.07. The topological polar surface area (TPSA) is 66.4 Å².